The second-order valence-electron chi connectivity index (χ2n) is 4.54. The first-order chi connectivity index (χ1) is 9.74. The van der Waals surface area contributed by atoms with Gasteiger partial charge in [-0.2, -0.15) is 0 Å². The van der Waals surface area contributed by atoms with Gasteiger partial charge >= 0.3 is 0 Å². The van der Waals surface area contributed by atoms with Crippen LogP contribution >= 0.6 is 0 Å². The summed E-state index contributed by atoms with van der Waals surface area (Å²) in [5.74, 6) is -0.239. The van der Waals surface area contributed by atoms with Crippen LogP contribution in [0.2, 0.25) is 0 Å². The van der Waals surface area contributed by atoms with E-state index in [2.05, 4.69) is 5.43 Å². The van der Waals surface area contributed by atoms with Crippen molar-refractivity contribution >= 4 is 16.9 Å². The van der Waals surface area contributed by atoms with E-state index in [9.17, 15) is 9.59 Å². The first kappa shape index (κ1) is 12.8. The van der Waals surface area contributed by atoms with Crippen molar-refractivity contribution in [1.29, 1.82) is 0 Å². The largest absolute Gasteiger partial charge is 0.464 e. The maximum absolute atomic E-state index is 12.1. The number of hydrogen-bond acceptors (Lipinski definition) is 5. The van der Waals surface area contributed by atoms with Gasteiger partial charge in [-0.15, -0.1) is 0 Å². The van der Waals surface area contributed by atoms with Crippen molar-refractivity contribution in [3.8, 4) is 0 Å². The van der Waals surface area contributed by atoms with Crippen LogP contribution in [0.4, 0.5) is 0 Å². The van der Waals surface area contributed by atoms with E-state index in [0.29, 0.717) is 42.8 Å². The Hall–Kier alpha value is -2.18. The lowest BCUT2D eigenvalue weighted by molar-refractivity contribution is 0.0126. The van der Waals surface area contributed by atoms with Gasteiger partial charge in [0.1, 0.15) is 5.58 Å². The van der Waals surface area contributed by atoms with Gasteiger partial charge in [-0.25, -0.2) is 5.01 Å². The Bertz CT molecular complexity index is 689. The molecule has 0 spiro atoms. The summed E-state index contributed by atoms with van der Waals surface area (Å²) in [5.41, 5.74) is 3.55. The van der Waals surface area contributed by atoms with E-state index in [0.717, 1.165) is 0 Å². The molecule has 0 aliphatic carbocycles. The van der Waals surface area contributed by atoms with E-state index < -0.39 is 0 Å². The monoisotopic (exact) mass is 274 g/mol. The van der Waals surface area contributed by atoms with E-state index in [1.807, 2.05) is 5.01 Å². The summed E-state index contributed by atoms with van der Waals surface area (Å²) >= 11 is 0. The number of carbonyl (C=O) groups excluding carboxylic acids is 1. The van der Waals surface area contributed by atoms with E-state index >= 15 is 0 Å². The molecule has 1 fully saturated rings. The zero-order valence-corrected chi connectivity index (χ0v) is 10.8. The summed E-state index contributed by atoms with van der Waals surface area (Å²) in [5, 5.41) is 2.21. The van der Waals surface area contributed by atoms with Crippen LogP contribution < -0.4 is 10.9 Å². The molecule has 1 aromatic carbocycles. The van der Waals surface area contributed by atoms with Gasteiger partial charge in [0.25, 0.3) is 5.91 Å². The molecule has 2 heterocycles. The highest BCUT2D eigenvalue weighted by Crippen LogP contribution is 2.12. The number of hydrogen-bond donors (Lipinski definition) is 1. The molecule has 20 heavy (non-hydrogen) atoms. The molecule has 104 valence electrons. The van der Waals surface area contributed by atoms with Crippen LogP contribution in [0.5, 0.6) is 0 Å². The van der Waals surface area contributed by atoms with Crippen LogP contribution in [0, 0.1) is 0 Å². The molecule has 0 atom stereocenters. The third-order valence-electron chi connectivity index (χ3n) is 3.19. The minimum atomic E-state index is -0.239. The quantitative estimate of drug-likeness (QED) is 0.875. The number of carbonyl (C=O) groups is 1. The van der Waals surface area contributed by atoms with Gasteiger partial charge < -0.3 is 9.15 Å². The van der Waals surface area contributed by atoms with Gasteiger partial charge in [0, 0.05) is 24.7 Å². The summed E-state index contributed by atoms with van der Waals surface area (Å²) in [6.45, 7) is 2.51. The van der Waals surface area contributed by atoms with Crippen molar-refractivity contribution < 1.29 is 13.9 Å². The second kappa shape index (κ2) is 5.44. The van der Waals surface area contributed by atoms with Crippen molar-refractivity contribution in [2.75, 3.05) is 26.3 Å². The molecule has 0 bridgehead atoms. The SMILES string of the molecule is O=C(NN1CCOCC1)c1ccc2occc(=O)c2c1. The molecule has 1 aliphatic rings. The standard InChI is InChI=1S/C14H14N2O4/c17-12-3-6-20-13-2-1-10(9-11(12)13)14(18)15-16-4-7-19-8-5-16/h1-3,6,9H,4-5,7-8H2,(H,15,18). The van der Waals surface area contributed by atoms with Gasteiger partial charge in [-0.05, 0) is 18.2 Å². The highest BCUT2D eigenvalue weighted by Gasteiger charge is 2.15. The van der Waals surface area contributed by atoms with Gasteiger partial charge in [0.05, 0.1) is 24.9 Å². The van der Waals surface area contributed by atoms with Gasteiger partial charge in [0.15, 0.2) is 5.43 Å². The van der Waals surface area contributed by atoms with Crippen molar-refractivity contribution in [1.82, 2.24) is 10.4 Å². The number of ether oxygens (including phenoxy) is 1. The zero-order valence-electron chi connectivity index (χ0n) is 10.8. The molecule has 6 heteroatoms. The minimum Gasteiger partial charge on any atom is -0.464 e. The van der Waals surface area contributed by atoms with Crippen LogP contribution in [0.15, 0.2) is 39.7 Å². The predicted octanol–water partition coefficient (Wildman–Crippen LogP) is 0.770. The Morgan fingerprint density at radius 1 is 1.20 bits per heavy atom. The summed E-state index contributed by atoms with van der Waals surface area (Å²) in [4.78, 5) is 23.9. The van der Waals surface area contributed by atoms with Crippen molar-refractivity contribution in [2.24, 2.45) is 0 Å². The lowest BCUT2D eigenvalue weighted by Crippen LogP contribution is -2.48. The predicted molar refractivity (Wildman–Crippen MR) is 72.3 cm³/mol. The van der Waals surface area contributed by atoms with E-state index in [1.54, 1.807) is 18.2 Å². The van der Waals surface area contributed by atoms with E-state index in [-0.39, 0.29) is 11.3 Å². The van der Waals surface area contributed by atoms with Gasteiger partial charge in [0.2, 0.25) is 0 Å². The third kappa shape index (κ3) is 2.56. The number of benzene rings is 1. The Morgan fingerprint density at radius 2 is 2.00 bits per heavy atom. The Kier molecular flexibility index (Phi) is 3.49. The molecule has 1 N–H and O–H groups in total. The molecule has 0 unspecified atom stereocenters. The molecule has 0 radical (unpaired) electrons. The van der Waals surface area contributed by atoms with E-state index in [4.69, 9.17) is 9.15 Å². The number of fused-ring (bicyclic) bond motifs is 1. The highest BCUT2D eigenvalue weighted by molar-refractivity contribution is 5.97. The molecule has 6 nitrogen and oxygen atoms in total. The summed E-state index contributed by atoms with van der Waals surface area (Å²) < 4.78 is 10.4. The number of nitrogens with one attached hydrogen (secondary N) is 1. The summed E-state index contributed by atoms with van der Waals surface area (Å²) in [7, 11) is 0. The fourth-order valence-corrected chi connectivity index (χ4v) is 2.11. The summed E-state index contributed by atoms with van der Waals surface area (Å²) in [6.07, 6.45) is 1.35. The van der Waals surface area contributed by atoms with Crippen LogP contribution in [0.1, 0.15) is 10.4 Å². The number of amides is 1. The topological polar surface area (TPSA) is 71.8 Å². The van der Waals surface area contributed by atoms with Crippen molar-refractivity contribution in [3.05, 3.63) is 46.3 Å². The normalized spacial score (nSPS) is 16.2. The lowest BCUT2D eigenvalue weighted by atomic mass is 10.1. The zero-order chi connectivity index (χ0) is 13.9. The van der Waals surface area contributed by atoms with Crippen LogP contribution in [-0.4, -0.2) is 37.2 Å². The van der Waals surface area contributed by atoms with E-state index in [1.165, 1.54) is 12.3 Å². The molecule has 1 amide bonds. The average molecular weight is 274 g/mol. The fraction of sp³-hybridized carbons (Fsp3) is 0.286. The molecular weight excluding hydrogens is 260 g/mol. The Morgan fingerprint density at radius 3 is 2.80 bits per heavy atom. The average Bonchev–Trinajstić information content (AvgIpc) is 2.48. The van der Waals surface area contributed by atoms with Gasteiger partial charge in [-0.3, -0.25) is 15.0 Å². The van der Waals surface area contributed by atoms with Gasteiger partial charge in [-0.1, -0.05) is 0 Å². The minimum absolute atomic E-state index is 0.160. The first-order valence-corrected chi connectivity index (χ1v) is 6.39. The first-order valence-electron chi connectivity index (χ1n) is 6.39. The van der Waals surface area contributed by atoms with Crippen molar-refractivity contribution in [2.45, 2.75) is 0 Å². The summed E-state index contributed by atoms with van der Waals surface area (Å²) in [6, 6.07) is 6.16. The molecule has 2 aromatic rings. The van der Waals surface area contributed by atoms with Crippen LogP contribution in [-0.2, 0) is 4.74 Å². The molecule has 1 aromatic heterocycles. The number of nitrogens with zero attached hydrogens (tertiary/aromatic N) is 1. The maximum Gasteiger partial charge on any atom is 0.265 e. The Balaban J connectivity index is 1.84. The highest BCUT2D eigenvalue weighted by atomic mass is 16.5. The Labute approximate surface area is 114 Å². The number of morpholine rings is 1. The third-order valence-corrected chi connectivity index (χ3v) is 3.19. The lowest BCUT2D eigenvalue weighted by Gasteiger charge is -2.26. The number of hydrazine groups is 1. The molecular formula is C14H14N2O4. The molecule has 1 saturated heterocycles. The maximum atomic E-state index is 12.1. The molecule has 0 saturated carbocycles. The molecule has 1 aliphatic heterocycles. The second-order valence-corrected chi connectivity index (χ2v) is 4.54. The van der Waals surface area contributed by atoms with Crippen LogP contribution in [0.25, 0.3) is 11.0 Å². The molecule has 3 rings (SSSR count). The number of rotatable bonds is 2. The van der Waals surface area contributed by atoms with Crippen molar-refractivity contribution in [3.63, 3.8) is 0 Å². The fourth-order valence-electron chi connectivity index (χ4n) is 2.11. The smallest absolute Gasteiger partial charge is 0.265 e. The van der Waals surface area contributed by atoms with Crippen LogP contribution in [0.3, 0.4) is 0 Å².